The summed E-state index contributed by atoms with van der Waals surface area (Å²) in [6.45, 7) is 3.43. The maximum absolute atomic E-state index is 11.6. The molecule has 0 bridgehead atoms. The molecule has 98 valence electrons. The van der Waals surface area contributed by atoms with Crippen LogP contribution in [-0.2, 0) is 4.79 Å². The number of urea groups is 1. The molecule has 1 atom stereocenters. The van der Waals surface area contributed by atoms with E-state index in [0.717, 1.165) is 0 Å². The largest absolute Gasteiger partial charge is 0.480 e. The summed E-state index contributed by atoms with van der Waals surface area (Å²) < 4.78 is 0. The minimum absolute atomic E-state index is 0.126. The van der Waals surface area contributed by atoms with Crippen molar-refractivity contribution in [2.45, 2.75) is 12.5 Å². The normalized spacial score (nSPS) is 10.9. The summed E-state index contributed by atoms with van der Waals surface area (Å²) in [6, 6.07) is 6.57. The maximum Gasteiger partial charge on any atom is 0.326 e. The number of carbonyl (C=O) groups excluding carboxylic acids is 1. The third kappa shape index (κ3) is 4.52. The molecular weight excluding hydrogens is 246 g/mol. The molecule has 0 saturated heterocycles. The van der Waals surface area contributed by atoms with Gasteiger partial charge >= 0.3 is 12.0 Å². The first-order chi connectivity index (χ1) is 9.06. The Morgan fingerprint density at radius 2 is 2.26 bits per heavy atom. The average molecular weight is 259 g/mol. The number of nitrogens with zero attached hydrogens (tertiary/aromatic N) is 1. The summed E-state index contributed by atoms with van der Waals surface area (Å²) in [4.78, 5) is 22.4. The van der Waals surface area contributed by atoms with Crippen molar-refractivity contribution in [2.75, 3.05) is 5.32 Å². The van der Waals surface area contributed by atoms with Crippen molar-refractivity contribution < 1.29 is 14.7 Å². The van der Waals surface area contributed by atoms with Crippen molar-refractivity contribution in [1.82, 2.24) is 5.32 Å². The molecule has 1 aromatic carbocycles. The maximum atomic E-state index is 11.6. The molecule has 6 nitrogen and oxygen atoms in total. The number of nitrogens with one attached hydrogen (secondary N) is 2. The lowest BCUT2D eigenvalue weighted by Crippen LogP contribution is -2.42. The summed E-state index contributed by atoms with van der Waals surface area (Å²) in [5.74, 6) is -1.14. The van der Waals surface area contributed by atoms with E-state index in [0.29, 0.717) is 11.3 Å². The second-order valence-electron chi connectivity index (χ2n) is 3.71. The Hall–Kier alpha value is -2.81. The Bertz CT molecular complexity index is 534. The van der Waals surface area contributed by atoms with Crippen LogP contribution < -0.4 is 10.6 Å². The van der Waals surface area contributed by atoms with Crippen molar-refractivity contribution in [3.05, 3.63) is 42.5 Å². The van der Waals surface area contributed by atoms with Crippen molar-refractivity contribution in [2.24, 2.45) is 0 Å². The Morgan fingerprint density at radius 3 is 2.84 bits per heavy atom. The monoisotopic (exact) mass is 259 g/mol. The van der Waals surface area contributed by atoms with Gasteiger partial charge in [-0.2, -0.15) is 5.26 Å². The molecule has 1 rings (SSSR count). The van der Waals surface area contributed by atoms with Crippen LogP contribution in [0, 0.1) is 11.3 Å². The Morgan fingerprint density at radius 1 is 1.53 bits per heavy atom. The summed E-state index contributed by atoms with van der Waals surface area (Å²) in [7, 11) is 0. The van der Waals surface area contributed by atoms with Gasteiger partial charge in [-0.25, -0.2) is 9.59 Å². The Labute approximate surface area is 110 Å². The zero-order chi connectivity index (χ0) is 14.3. The number of carbonyl (C=O) groups is 2. The van der Waals surface area contributed by atoms with Crippen LogP contribution in [0.25, 0.3) is 0 Å². The van der Waals surface area contributed by atoms with Crippen LogP contribution in [0.5, 0.6) is 0 Å². The fourth-order valence-electron chi connectivity index (χ4n) is 1.38. The van der Waals surface area contributed by atoms with Gasteiger partial charge in [0.1, 0.15) is 6.04 Å². The molecule has 0 radical (unpaired) electrons. The van der Waals surface area contributed by atoms with Gasteiger partial charge in [-0.05, 0) is 24.6 Å². The van der Waals surface area contributed by atoms with Crippen molar-refractivity contribution in [1.29, 1.82) is 5.26 Å². The molecule has 0 heterocycles. The molecule has 0 aliphatic rings. The number of hydrogen-bond acceptors (Lipinski definition) is 3. The number of nitriles is 1. The Balaban J connectivity index is 2.66. The van der Waals surface area contributed by atoms with Crippen molar-refractivity contribution >= 4 is 17.7 Å². The summed E-state index contributed by atoms with van der Waals surface area (Å²) in [5, 5.41) is 22.3. The van der Waals surface area contributed by atoms with Crippen LogP contribution in [0.3, 0.4) is 0 Å². The number of hydrogen-bond donors (Lipinski definition) is 3. The highest BCUT2D eigenvalue weighted by atomic mass is 16.4. The topological polar surface area (TPSA) is 102 Å². The van der Waals surface area contributed by atoms with Crippen molar-refractivity contribution in [3.8, 4) is 6.07 Å². The molecule has 0 aromatic heterocycles. The molecule has 0 aliphatic carbocycles. The van der Waals surface area contributed by atoms with Gasteiger partial charge in [0.2, 0.25) is 0 Å². The quantitative estimate of drug-likeness (QED) is 0.700. The minimum atomic E-state index is -1.14. The predicted octanol–water partition coefficient (Wildman–Crippen LogP) is 1.71. The van der Waals surface area contributed by atoms with E-state index in [-0.39, 0.29) is 6.42 Å². The molecular formula is C13H13N3O3. The smallest absolute Gasteiger partial charge is 0.326 e. The van der Waals surface area contributed by atoms with Crippen LogP contribution in [-0.4, -0.2) is 23.1 Å². The van der Waals surface area contributed by atoms with Gasteiger partial charge in [-0.1, -0.05) is 12.1 Å². The van der Waals surface area contributed by atoms with Gasteiger partial charge in [0, 0.05) is 5.69 Å². The van der Waals surface area contributed by atoms with E-state index in [9.17, 15) is 9.59 Å². The molecule has 0 aliphatic heterocycles. The number of benzene rings is 1. The lowest BCUT2D eigenvalue weighted by Gasteiger charge is -2.13. The molecule has 1 unspecified atom stereocenters. The fourth-order valence-corrected chi connectivity index (χ4v) is 1.38. The second kappa shape index (κ2) is 6.81. The van der Waals surface area contributed by atoms with E-state index >= 15 is 0 Å². The Kier molecular flexibility index (Phi) is 5.11. The van der Waals surface area contributed by atoms with Gasteiger partial charge in [0.15, 0.2) is 0 Å². The first kappa shape index (κ1) is 14.3. The van der Waals surface area contributed by atoms with Gasteiger partial charge in [0.25, 0.3) is 0 Å². The van der Waals surface area contributed by atoms with Crippen LogP contribution in [0.2, 0.25) is 0 Å². The molecule has 6 heteroatoms. The van der Waals surface area contributed by atoms with Gasteiger partial charge < -0.3 is 15.7 Å². The lowest BCUT2D eigenvalue weighted by molar-refractivity contribution is -0.139. The van der Waals surface area contributed by atoms with E-state index in [4.69, 9.17) is 10.4 Å². The first-order valence-electron chi connectivity index (χ1n) is 5.48. The van der Waals surface area contributed by atoms with E-state index in [1.54, 1.807) is 18.2 Å². The van der Waals surface area contributed by atoms with Crippen LogP contribution in [0.1, 0.15) is 12.0 Å². The van der Waals surface area contributed by atoms with Gasteiger partial charge in [0.05, 0.1) is 11.6 Å². The van der Waals surface area contributed by atoms with Crippen LogP contribution in [0.15, 0.2) is 36.9 Å². The van der Waals surface area contributed by atoms with Crippen LogP contribution in [0.4, 0.5) is 10.5 Å². The van der Waals surface area contributed by atoms with Gasteiger partial charge in [-0.3, -0.25) is 0 Å². The first-order valence-corrected chi connectivity index (χ1v) is 5.48. The highest BCUT2D eigenvalue weighted by molar-refractivity contribution is 5.92. The summed E-state index contributed by atoms with van der Waals surface area (Å²) in [5.41, 5.74) is 0.818. The van der Waals surface area contributed by atoms with E-state index in [2.05, 4.69) is 17.2 Å². The number of amides is 2. The summed E-state index contributed by atoms with van der Waals surface area (Å²) >= 11 is 0. The average Bonchev–Trinajstić information content (AvgIpc) is 2.38. The SMILES string of the molecule is C=CCC(NC(=O)Nc1cccc(C#N)c1)C(=O)O. The second-order valence-corrected chi connectivity index (χ2v) is 3.71. The van der Waals surface area contributed by atoms with E-state index in [1.807, 2.05) is 6.07 Å². The van der Waals surface area contributed by atoms with E-state index in [1.165, 1.54) is 12.1 Å². The summed E-state index contributed by atoms with van der Waals surface area (Å²) in [6.07, 6.45) is 1.54. The van der Waals surface area contributed by atoms with Gasteiger partial charge in [-0.15, -0.1) is 6.58 Å². The van der Waals surface area contributed by atoms with Crippen LogP contribution >= 0.6 is 0 Å². The number of carboxylic acids is 1. The number of rotatable bonds is 5. The highest BCUT2D eigenvalue weighted by Crippen LogP contribution is 2.09. The molecule has 0 fully saturated rings. The minimum Gasteiger partial charge on any atom is -0.480 e. The molecule has 3 N–H and O–H groups in total. The standard InChI is InChI=1S/C13H13N3O3/c1-2-4-11(12(17)18)16-13(19)15-10-6-3-5-9(7-10)8-14/h2-3,5-7,11H,1,4H2,(H,17,18)(H2,15,16,19). The van der Waals surface area contributed by atoms with E-state index < -0.39 is 18.0 Å². The highest BCUT2D eigenvalue weighted by Gasteiger charge is 2.18. The molecule has 0 spiro atoms. The molecule has 19 heavy (non-hydrogen) atoms. The third-order valence-corrected chi connectivity index (χ3v) is 2.26. The predicted molar refractivity (Wildman–Crippen MR) is 69.5 cm³/mol. The fraction of sp³-hybridized carbons (Fsp3) is 0.154. The number of anilines is 1. The zero-order valence-corrected chi connectivity index (χ0v) is 10.1. The molecule has 2 amide bonds. The molecule has 1 aromatic rings. The number of carboxylic acid groups (broad SMARTS) is 1. The van der Waals surface area contributed by atoms with Crippen molar-refractivity contribution in [3.63, 3.8) is 0 Å². The zero-order valence-electron chi connectivity index (χ0n) is 10.1. The molecule has 0 saturated carbocycles. The lowest BCUT2D eigenvalue weighted by atomic mass is 10.2. The third-order valence-electron chi connectivity index (χ3n) is 2.26. The number of aliphatic carboxylic acids is 1.